The van der Waals surface area contributed by atoms with Crippen molar-refractivity contribution < 1.29 is 0 Å². The topological polar surface area (TPSA) is 0 Å². The number of rotatable bonds is 8. The van der Waals surface area contributed by atoms with Crippen LogP contribution in [0.2, 0.25) is 0 Å². The van der Waals surface area contributed by atoms with E-state index in [1.54, 1.807) is 0 Å². The maximum Gasteiger partial charge on any atom is 0.0249 e. The lowest BCUT2D eigenvalue weighted by molar-refractivity contribution is 0.294. The van der Waals surface area contributed by atoms with Crippen molar-refractivity contribution >= 4 is 0 Å². The Kier molecular flexibility index (Phi) is 11.3. The molecule has 0 atom stereocenters. The minimum atomic E-state index is 0.597. The Balaban J connectivity index is 1.64. The lowest BCUT2D eigenvalue weighted by Gasteiger charge is -2.25. The number of benzene rings is 1. The first-order chi connectivity index (χ1) is 13.8. The molecule has 0 saturated heterocycles. The molecule has 0 spiro atoms. The van der Waals surface area contributed by atoms with E-state index in [9.17, 15) is 0 Å². The van der Waals surface area contributed by atoms with Crippen LogP contribution in [0.25, 0.3) is 0 Å². The second-order valence-corrected chi connectivity index (χ2v) is 8.26. The highest BCUT2D eigenvalue weighted by Crippen LogP contribution is 2.31. The number of hydrogen-bond donors (Lipinski definition) is 0. The summed E-state index contributed by atoms with van der Waals surface area (Å²) < 4.78 is 0. The summed E-state index contributed by atoms with van der Waals surface area (Å²) in [6.07, 6.45) is 20.0. The maximum absolute atomic E-state index is 3.44. The minimum Gasteiger partial charge on any atom is -0.0951 e. The fourth-order valence-electron chi connectivity index (χ4n) is 4.05. The first-order valence-electron chi connectivity index (χ1n) is 11.6. The van der Waals surface area contributed by atoms with Gasteiger partial charge in [-0.3, -0.25) is 0 Å². The predicted molar refractivity (Wildman–Crippen MR) is 123 cm³/mol. The summed E-state index contributed by atoms with van der Waals surface area (Å²) in [5.74, 6) is 14.5. The summed E-state index contributed by atoms with van der Waals surface area (Å²) in [6, 6.07) is 8.58. The lowest BCUT2D eigenvalue weighted by Crippen LogP contribution is -2.13. The predicted octanol–water partition coefficient (Wildman–Crippen LogP) is 7.72. The second-order valence-electron chi connectivity index (χ2n) is 8.26. The molecule has 150 valence electrons. The number of aryl methyl sites for hydroxylation is 1. The molecule has 1 fully saturated rings. The third kappa shape index (κ3) is 9.33. The average Bonchev–Trinajstić information content (AvgIpc) is 2.73. The van der Waals surface area contributed by atoms with Crippen molar-refractivity contribution in [1.82, 2.24) is 0 Å². The highest BCUT2D eigenvalue weighted by molar-refractivity contribution is 5.39. The Labute approximate surface area is 174 Å². The van der Waals surface area contributed by atoms with Crippen LogP contribution < -0.4 is 0 Å². The fraction of sp³-hybridized carbons (Fsp3) is 0.571. The summed E-state index contributed by atoms with van der Waals surface area (Å²) in [4.78, 5) is 0. The maximum atomic E-state index is 3.44. The molecular weight excluding hydrogens is 336 g/mol. The third-order valence-corrected chi connectivity index (χ3v) is 5.81. The van der Waals surface area contributed by atoms with E-state index in [2.05, 4.69) is 61.8 Å². The van der Waals surface area contributed by atoms with Gasteiger partial charge in [0.1, 0.15) is 0 Å². The van der Waals surface area contributed by atoms with Crippen molar-refractivity contribution in [2.45, 2.75) is 90.9 Å². The Bertz CT molecular complexity index is 676. The molecule has 0 heterocycles. The molecule has 0 aromatic heterocycles. The highest BCUT2D eigenvalue weighted by Gasteiger charge is 2.19. The van der Waals surface area contributed by atoms with E-state index in [1.807, 2.05) is 12.2 Å². The van der Waals surface area contributed by atoms with Crippen LogP contribution in [0, 0.1) is 35.5 Å². The second kappa shape index (κ2) is 14.1. The Morgan fingerprint density at radius 2 is 1.54 bits per heavy atom. The molecule has 0 radical (unpaired) electrons. The highest BCUT2D eigenvalue weighted by atomic mass is 14.2. The molecule has 1 aromatic rings. The lowest BCUT2D eigenvalue weighted by atomic mass is 9.80. The van der Waals surface area contributed by atoms with Crippen molar-refractivity contribution in [3.63, 3.8) is 0 Å². The third-order valence-electron chi connectivity index (χ3n) is 5.81. The molecule has 2 rings (SSSR count). The van der Waals surface area contributed by atoms with Crippen LogP contribution in [-0.4, -0.2) is 0 Å². The SMILES string of the molecule is CCCCCCCC1CCC(C#CC=CC#Cc2ccc(CCC)cc2)CC1. The molecule has 0 amide bonds. The number of allylic oxidation sites excluding steroid dienone is 2. The average molecular weight is 375 g/mol. The summed E-state index contributed by atoms with van der Waals surface area (Å²) >= 11 is 0. The van der Waals surface area contributed by atoms with Gasteiger partial charge in [-0.05, 0) is 67.9 Å². The van der Waals surface area contributed by atoms with E-state index < -0.39 is 0 Å². The van der Waals surface area contributed by atoms with Gasteiger partial charge in [0.15, 0.2) is 0 Å². The van der Waals surface area contributed by atoms with Crippen molar-refractivity contribution in [2.24, 2.45) is 11.8 Å². The van der Waals surface area contributed by atoms with E-state index in [-0.39, 0.29) is 0 Å². The number of unbranched alkanes of at least 4 members (excludes halogenated alkanes) is 4. The van der Waals surface area contributed by atoms with Crippen molar-refractivity contribution in [3.05, 3.63) is 47.5 Å². The van der Waals surface area contributed by atoms with Crippen molar-refractivity contribution in [3.8, 4) is 23.7 Å². The largest absolute Gasteiger partial charge is 0.0951 e. The van der Waals surface area contributed by atoms with Gasteiger partial charge in [-0.2, -0.15) is 0 Å². The number of hydrogen-bond acceptors (Lipinski definition) is 0. The monoisotopic (exact) mass is 374 g/mol. The van der Waals surface area contributed by atoms with Crippen LogP contribution in [0.4, 0.5) is 0 Å². The van der Waals surface area contributed by atoms with E-state index in [4.69, 9.17) is 0 Å². The van der Waals surface area contributed by atoms with Crippen LogP contribution in [0.15, 0.2) is 36.4 Å². The van der Waals surface area contributed by atoms with Gasteiger partial charge in [0, 0.05) is 11.5 Å². The molecule has 0 nitrogen and oxygen atoms in total. The van der Waals surface area contributed by atoms with Gasteiger partial charge in [0.25, 0.3) is 0 Å². The zero-order valence-electron chi connectivity index (χ0n) is 18.1. The van der Waals surface area contributed by atoms with Gasteiger partial charge in [-0.1, -0.05) is 94.6 Å². The normalized spacial score (nSPS) is 18.9. The smallest absolute Gasteiger partial charge is 0.0249 e. The quantitative estimate of drug-likeness (QED) is 0.323. The fourth-order valence-corrected chi connectivity index (χ4v) is 4.05. The molecule has 1 saturated carbocycles. The molecule has 1 aromatic carbocycles. The molecule has 0 aliphatic heterocycles. The summed E-state index contributed by atoms with van der Waals surface area (Å²) in [6.45, 7) is 4.50. The van der Waals surface area contributed by atoms with Gasteiger partial charge >= 0.3 is 0 Å². The van der Waals surface area contributed by atoms with Crippen molar-refractivity contribution in [2.75, 3.05) is 0 Å². The van der Waals surface area contributed by atoms with Crippen LogP contribution >= 0.6 is 0 Å². The van der Waals surface area contributed by atoms with Crippen LogP contribution in [0.1, 0.15) is 95.6 Å². The zero-order valence-corrected chi connectivity index (χ0v) is 18.1. The standard InChI is InChI=1S/C28H38/c1-3-5-6-7-10-14-27-21-23-28(24-22-27)16-12-9-8-11-15-26-19-17-25(13-4-2)18-20-26/h8-9,17-20,27-28H,3-7,10,13-14,21-24H2,1-2H3. The molecule has 0 bridgehead atoms. The molecule has 0 N–H and O–H groups in total. The van der Waals surface area contributed by atoms with E-state index in [0.717, 1.165) is 17.9 Å². The van der Waals surface area contributed by atoms with E-state index in [0.29, 0.717) is 5.92 Å². The summed E-state index contributed by atoms with van der Waals surface area (Å²) in [5, 5.41) is 0. The molecule has 28 heavy (non-hydrogen) atoms. The zero-order chi connectivity index (χ0) is 19.9. The van der Waals surface area contributed by atoms with Crippen LogP contribution in [-0.2, 0) is 6.42 Å². The Hall–Kier alpha value is -1.92. The van der Waals surface area contributed by atoms with Gasteiger partial charge in [0.05, 0.1) is 0 Å². The molecular formula is C28H38. The van der Waals surface area contributed by atoms with Crippen LogP contribution in [0.5, 0.6) is 0 Å². The first-order valence-corrected chi connectivity index (χ1v) is 11.6. The molecule has 1 aliphatic rings. The van der Waals surface area contributed by atoms with Gasteiger partial charge in [-0.25, -0.2) is 0 Å². The van der Waals surface area contributed by atoms with Gasteiger partial charge in [-0.15, -0.1) is 0 Å². The molecule has 0 heteroatoms. The molecule has 0 unspecified atom stereocenters. The van der Waals surface area contributed by atoms with E-state index >= 15 is 0 Å². The van der Waals surface area contributed by atoms with E-state index in [1.165, 1.54) is 76.2 Å². The molecule has 1 aliphatic carbocycles. The van der Waals surface area contributed by atoms with Gasteiger partial charge < -0.3 is 0 Å². The van der Waals surface area contributed by atoms with Crippen molar-refractivity contribution in [1.29, 1.82) is 0 Å². The summed E-state index contributed by atoms with van der Waals surface area (Å²) in [7, 11) is 0. The van der Waals surface area contributed by atoms with Crippen LogP contribution in [0.3, 0.4) is 0 Å². The Morgan fingerprint density at radius 3 is 2.25 bits per heavy atom. The summed E-state index contributed by atoms with van der Waals surface area (Å²) in [5.41, 5.74) is 2.46. The minimum absolute atomic E-state index is 0.597. The van der Waals surface area contributed by atoms with Gasteiger partial charge in [0.2, 0.25) is 0 Å². The first kappa shape index (κ1) is 22.4. The Morgan fingerprint density at radius 1 is 0.821 bits per heavy atom.